The third kappa shape index (κ3) is 4.21. The molecule has 0 bridgehead atoms. The van der Waals surface area contributed by atoms with Gasteiger partial charge in [0.1, 0.15) is 0 Å². The SMILES string of the molecule is CCN(c1cc(OC)c(OC)cc1C(=O)OC)S(=O)(=O)c1ccc(OC)c(F)c1. The molecule has 0 aromatic heterocycles. The Morgan fingerprint density at radius 3 is 2.03 bits per heavy atom. The van der Waals surface area contributed by atoms with Crippen LogP contribution < -0.4 is 18.5 Å². The van der Waals surface area contributed by atoms with Crippen molar-refractivity contribution >= 4 is 21.7 Å². The lowest BCUT2D eigenvalue weighted by Gasteiger charge is -2.26. The molecular weight excluding hydrogens is 405 g/mol. The number of ether oxygens (including phenoxy) is 4. The van der Waals surface area contributed by atoms with Crippen LogP contribution in [-0.4, -0.2) is 49.4 Å². The fourth-order valence-electron chi connectivity index (χ4n) is 2.75. The highest BCUT2D eigenvalue weighted by molar-refractivity contribution is 7.92. The molecule has 2 aromatic rings. The van der Waals surface area contributed by atoms with E-state index in [1.165, 1.54) is 52.7 Å². The summed E-state index contributed by atoms with van der Waals surface area (Å²) in [5, 5.41) is 0. The van der Waals surface area contributed by atoms with E-state index in [1.54, 1.807) is 6.92 Å². The van der Waals surface area contributed by atoms with Gasteiger partial charge in [0.15, 0.2) is 23.1 Å². The number of carbonyl (C=O) groups excluding carboxylic acids is 1. The maximum atomic E-state index is 14.1. The van der Waals surface area contributed by atoms with E-state index in [2.05, 4.69) is 0 Å². The van der Waals surface area contributed by atoms with Crippen molar-refractivity contribution in [1.82, 2.24) is 0 Å². The van der Waals surface area contributed by atoms with E-state index in [0.29, 0.717) is 0 Å². The predicted molar refractivity (Wildman–Crippen MR) is 104 cm³/mol. The zero-order chi connectivity index (χ0) is 21.8. The molecule has 0 aliphatic rings. The summed E-state index contributed by atoms with van der Waals surface area (Å²) in [5.41, 5.74) is -0.0437. The van der Waals surface area contributed by atoms with Crippen LogP contribution in [0.2, 0.25) is 0 Å². The molecule has 8 nitrogen and oxygen atoms in total. The van der Waals surface area contributed by atoms with Crippen LogP contribution in [0, 0.1) is 5.82 Å². The van der Waals surface area contributed by atoms with Crippen molar-refractivity contribution < 1.29 is 36.6 Å². The van der Waals surface area contributed by atoms with Gasteiger partial charge in [-0.05, 0) is 25.1 Å². The molecule has 0 amide bonds. The number of nitrogens with zero attached hydrogens (tertiary/aromatic N) is 1. The van der Waals surface area contributed by atoms with Crippen molar-refractivity contribution in [2.75, 3.05) is 39.3 Å². The van der Waals surface area contributed by atoms with Crippen LogP contribution >= 0.6 is 0 Å². The van der Waals surface area contributed by atoms with Crippen LogP contribution in [0.25, 0.3) is 0 Å². The molecular formula is C19H22FNO7S. The van der Waals surface area contributed by atoms with Crippen molar-refractivity contribution in [3.63, 3.8) is 0 Å². The molecule has 0 aliphatic carbocycles. The molecule has 2 rings (SSSR count). The van der Waals surface area contributed by atoms with Crippen molar-refractivity contribution in [1.29, 1.82) is 0 Å². The molecule has 0 heterocycles. The Labute approximate surface area is 168 Å². The maximum absolute atomic E-state index is 14.1. The molecule has 0 atom stereocenters. The van der Waals surface area contributed by atoms with Crippen molar-refractivity contribution in [2.24, 2.45) is 0 Å². The van der Waals surface area contributed by atoms with E-state index in [-0.39, 0.29) is 39.9 Å². The first-order chi connectivity index (χ1) is 13.7. The van der Waals surface area contributed by atoms with E-state index in [4.69, 9.17) is 18.9 Å². The Balaban J connectivity index is 2.71. The highest BCUT2D eigenvalue weighted by Gasteiger charge is 2.30. The lowest BCUT2D eigenvalue weighted by Crippen LogP contribution is -2.32. The summed E-state index contributed by atoms with van der Waals surface area (Å²) >= 11 is 0. The third-order valence-electron chi connectivity index (χ3n) is 4.17. The number of carbonyl (C=O) groups is 1. The molecule has 10 heteroatoms. The summed E-state index contributed by atoms with van der Waals surface area (Å²) in [6, 6.07) is 5.97. The Morgan fingerprint density at radius 2 is 1.55 bits per heavy atom. The Morgan fingerprint density at radius 1 is 0.966 bits per heavy atom. The van der Waals surface area contributed by atoms with Gasteiger partial charge >= 0.3 is 5.97 Å². The average molecular weight is 427 g/mol. The fourth-order valence-corrected chi connectivity index (χ4v) is 4.25. The van der Waals surface area contributed by atoms with Crippen LogP contribution in [0.5, 0.6) is 17.2 Å². The first kappa shape index (κ1) is 22.3. The van der Waals surface area contributed by atoms with Gasteiger partial charge in [0.25, 0.3) is 10.0 Å². The number of hydrogen-bond acceptors (Lipinski definition) is 7. The first-order valence-corrected chi connectivity index (χ1v) is 9.89. The molecule has 0 fully saturated rings. The Bertz CT molecular complexity index is 1010. The number of benzene rings is 2. The van der Waals surface area contributed by atoms with Gasteiger partial charge in [-0.1, -0.05) is 0 Å². The third-order valence-corrected chi connectivity index (χ3v) is 6.06. The van der Waals surface area contributed by atoms with Gasteiger partial charge < -0.3 is 18.9 Å². The molecule has 0 saturated heterocycles. The zero-order valence-corrected chi connectivity index (χ0v) is 17.5. The number of esters is 1. The summed E-state index contributed by atoms with van der Waals surface area (Å²) in [6.45, 7) is 1.53. The number of halogens is 1. The average Bonchev–Trinajstić information content (AvgIpc) is 2.72. The van der Waals surface area contributed by atoms with Gasteiger partial charge in [0, 0.05) is 18.7 Å². The van der Waals surface area contributed by atoms with Gasteiger partial charge in [0.2, 0.25) is 0 Å². The molecule has 0 N–H and O–H groups in total. The second kappa shape index (κ2) is 8.99. The molecule has 0 aliphatic heterocycles. The van der Waals surface area contributed by atoms with Gasteiger partial charge in [0.05, 0.1) is 44.6 Å². The quantitative estimate of drug-likeness (QED) is 0.598. The van der Waals surface area contributed by atoms with Crippen molar-refractivity contribution in [3.8, 4) is 17.2 Å². The monoisotopic (exact) mass is 427 g/mol. The van der Waals surface area contributed by atoms with Crippen LogP contribution in [0.1, 0.15) is 17.3 Å². The fraction of sp³-hybridized carbons (Fsp3) is 0.316. The van der Waals surface area contributed by atoms with E-state index in [9.17, 15) is 17.6 Å². The number of rotatable bonds is 8. The second-order valence-electron chi connectivity index (χ2n) is 5.68. The van der Waals surface area contributed by atoms with Gasteiger partial charge in [-0.25, -0.2) is 17.6 Å². The first-order valence-electron chi connectivity index (χ1n) is 8.45. The molecule has 0 spiro atoms. The van der Waals surface area contributed by atoms with Crippen LogP contribution in [0.4, 0.5) is 10.1 Å². The van der Waals surface area contributed by atoms with Gasteiger partial charge in [-0.2, -0.15) is 0 Å². The van der Waals surface area contributed by atoms with Gasteiger partial charge in [-0.15, -0.1) is 0 Å². The maximum Gasteiger partial charge on any atom is 0.340 e. The Kier molecular flexibility index (Phi) is 6.91. The number of sulfonamides is 1. The molecule has 2 aromatic carbocycles. The minimum atomic E-state index is -4.23. The summed E-state index contributed by atoms with van der Waals surface area (Å²) in [7, 11) is 0.981. The topological polar surface area (TPSA) is 91.4 Å². The number of anilines is 1. The minimum Gasteiger partial charge on any atom is -0.494 e. The standard InChI is InChI=1S/C19H22FNO7S/c1-6-21(29(23,24)12-7-8-16(25-2)14(20)9-12)15-11-18(27-4)17(26-3)10-13(15)19(22)28-5/h7-11H,6H2,1-5H3. The van der Waals surface area contributed by atoms with Crippen LogP contribution in [0.3, 0.4) is 0 Å². The van der Waals surface area contributed by atoms with Crippen LogP contribution in [-0.2, 0) is 14.8 Å². The summed E-state index contributed by atoms with van der Waals surface area (Å²) in [6.07, 6.45) is 0. The molecule has 29 heavy (non-hydrogen) atoms. The van der Waals surface area contributed by atoms with E-state index in [0.717, 1.165) is 10.4 Å². The minimum absolute atomic E-state index is 0.00762. The van der Waals surface area contributed by atoms with E-state index >= 15 is 0 Å². The molecule has 0 saturated carbocycles. The largest absolute Gasteiger partial charge is 0.494 e. The smallest absolute Gasteiger partial charge is 0.340 e. The highest BCUT2D eigenvalue weighted by atomic mass is 32.2. The van der Waals surface area contributed by atoms with Crippen LogP contribution in [0.15, 0.2) is 35.2 Å². The number of hydrogen-bond donors (Lipinski definition) is 0. The molecule has 0 radical (unpaired) electrons. The number of methoxy groups -OCH3 is 4. The highest BCUT2D eigenvalue weighted by Crippen LogP contribution is 2.38. The van der Waals surface area contributed by atoms with Crippen molar-refractivity contribution in [3.05, 3.63) is 41.7 Å². The predicted octanol–water partition coefficient (Wildman–Crippen LogP) is 2.85. The summed E-state index contributed by atoms with van der Waals surface area (Å²) < 4.78 is 61.6. The summed E-state index contributed by atoms with van der Waals surface area (Å²) in [4.78, 5) is 12.0. The second-order valence-corrected chi connectivity index (χ2v) is 7.54. The van der Waals surface area contributed by atoms with E-state index in [1.807, 2.05) is 0 Å². The lowest BCUT2D eigenvalue weighted by atomic mass is 10.1. The lowest BCUT2D eigenvalue weighted by molar-refractivity contribution is 0.0601. The van der Waals surface area contributed by atoms with Crippen molar-refractivity contribution in [2.45, 2.75) is 11.8 Å². The zero-order valence-electron chi connectivity index (χ0n) is 16.7. The van der Waals surface area contributed by atoms with Gasteiger partial charge in [-0.3, -0.25) is 4.31 Å². The summed E-state index contributed by atoms with van der Waals surface area (Å²) in [5.74, 6) is -1.25. The Hall–Kier alpha value is -3.01. The molecule has 0 unspecified atom stereocenters. The normalized spacial score (nSPS) is 11.0. The van der Waals surface area contributed by atoms with E-state index < -0.39 is 21.8 Å². The molecule has 158 valence electrons.